The summed E-state index contributed by atoms with van der Waals surface area (Å²) in [5.74, 6) is -1.34. The van der Waals surface area contributed by atoms with Crippen LogP contribution in [0.4, 0.5) is 0 Å². The van der Waals surface area contributed by atoms with Gasteiger partial charge < -0.3 is 21.1 Å². The standard InChI is InChI=1S/C6H13NO4/c1-3(8)6(2,11)4(7)5(9)10/h3-4,8,11H,7H2,1-2H3,(H,9,10). The molecule has 0 aromatic heterocycles. The second-order valence-electron chi connectivity index (χ2n) is 2.72. The van der Waals surface area contributed by atoms with Gasteiger partial charge in [-0.3, -0.25) is 4.79 Å². The summed E-state index contributed by atoms with van der Waals surface area (Å²) < 4.78 is 0. The Morgan fingerprint density at radius 2 is 2.00 bits per heavy atom. The molecule has 0 rings (SSSR count). The minimum absolute atomic E-state index is 1.17. The van der Waals surface area contributed by atoms with Crippen molar-refractivity contribution < 1.29 is 20.1 Å². The summed E-state index contributed by atoms with van der Waals surface area (Å²) in [4.78, 5) is 10.3. The maximum atomic E-state index is 10.3. The number of rotatable bonds is 3. The first-order valence-electron chi connectivity index (χ1n) is 3.19. The summed E-state index contributed by atoms with van der Waals surface area (Å²) in [6.45, 7) is 2.46. The Balaban J connectivity index is 4.41. The minimum Gasteiger partial charge on any atom is -0.480 e. The maximum Gasteiger partial charge on any atom is 0.323 e. The van der Waals surface area contributed by atoms with Crippen LogP contribution in [0.1, 0.15) is 13.8 Å². The molecule has 0 aliphatic rings. The van der Waals surface area contributed by atoms with E-state index in [1.54, 1.807) is 0 Å². The van der Waals surface area contributed by atoms with E-state index in [2.05, 4.69) is 0 Å². The van der Waals surface area contributed by atoms with Crippen molar-refractivity contribution >= 4 is 5.97 Å². The van der Waals surface area contributed by atoms with Crippen molar-refractivity contribution in [3.63, 3.8) is 0 Å². The van der Waals surface area contributed by atoms with E-state index in [9.17, 15) is 9.90 Å². The third-order valence-corrected chi connectivity index (χ3v) is 1.74. The molecule has 3 atom stereocenters. The quantitative estimate of drug-likeness (QED) is 0.406. The first-order chi connectivity index (χ1) is 4.80. The Morgan fingerprint density at radius 1 is 1.64 bits per heavy atom. The highest BCUT2D eigenvalue weighted by atomic mass is 16.4. The molecule has 0 radical (unpaired) electrons. The first-order valence-corrected chi connectivity index (χ1v) is 3.19. The predicted molar refractivity (Wildman–Crippen MR) is 37.9 cm³/mol. The Hall–Kier alpha value is -0.650. The van der Waals surface area contributed by atoms with Gasteiger partial charge in [0.2, 0.25) is 0 Å². The van der Waals surface area contributed by atoms with Crippen LogP contribution in [0.25, 0.3) is 0 Å². The summed E-state index contributed by atoms with van der Waals surface area (Å²) >= 11 is 0. The summed E-state index contributed by atoms with van der Waals surface area (Å²) in [6.07, 6.45) is -1.17. The van der Waals surface area contributed by atoms with Crippen molar-refractivity contribution in [1.29, 1.82) is 0 Å². The average molecular weight is 163 g/mol. The van der Waals surface area contributed by atoms with Crippen molar-refractivity contribution in [2.45, 2.75) is 31.6 Å². The van der Waals surface area contributed by atoms with Gasteiger partial charge in [-0.25, -0.2) is 0 Å². The number of aliphatic hydroxyl groups excluding tert-OH is 1. The summed E-state index contributed by atoms with van der Waals surface area (Å²) in [6, 6.07) is -1.47. The SMILES string of the molecule is CC(O)C(C)(O)C(N)C(=O)O. The Kier molecular flexibility index (Phi) is 2.98. The van der Waals surface area contributed by atoms with Gasteiger partial charge in [0.25, 0.3) is 0 Å². The molecule has 0 fully saturated rings. The Labute approximate surface area is 64.4 Å². The van der Waals surface area contributed by atoms with E-state index in [0.717, 1.165) is 0 Å². The lowest BCUT2D eigenvalue weighted by molar-refractivity contribution is -0.150. The van der Waals surface area contributed by atoms with Gasteiger partial charge in [0.15, 0.2) is 0 Å². The third-order valence-electron chi connectivity index (χ3n) is 1.74. The topological polar surface area (TPSA) is 104 Å². The van der Waals surface area contributed by atoms with Crippen LogP contribution in [0.2, 0.25) is 0 Å². The lowest BCUT2D eigenvalue weighted by Gasteiger charge is -2.29. The number of nitrogens with two attached hydrogens (primary N) is 1. The number of carbonyl (C=O) groups is 1. The highest BCUT2D eigenvalue weighted by molar-refractivity contribution is 5.74. The van der Waals surface area contributed by atoms with Crippen molar-refractivity contribution in [2.24, 2.45) is 5.73 Å². The molecule has 11 heavy (non-hydrogen) atoms. The number of hydrogen-bond acceptors (Lipinski definition) is 4. The molecule has 66 valence electrons. The van der Waals surface area contributed by atoms with Crippen LogP contribution >= 0.6 is 0 Å². The van der Waals surface area contributed by atoms with Crippen LogP contribution in [-0.4, -0.2) is 39.0 Å². The summed E-state index contributed by atoms with van der Waals surface area (Å²) in [7, 11) is 0. The van der Waals surface area contributed by atoms with Crippen LogP contribution in [0.15, 0.2) is 0 Å². The molecular weight excluding hydrogens is 150 g/mol. The minimum atomic E-state index is -1.79. The van der Waals surface area contributed by atoms with Gasteiger partial charge in [-0.2, -0.15) is 0 Å². The fourth-order valence-corrected chi connectivity index (χ4v) is 0.510. The Morgan fingerprint density at radius 3 is 2.09 bits per heavy atom. The van der Waals surface area contributed by atoms with Crippen LogP contribution < -0.4 is 5.73 Å². The van der Waals surface area contributed by atoms with Gasteiger partial charge in [0.1, 0.15) is 11.6 Å². The molecule has 0 aliphatic heterocycles. The lowest BCUT2D eigenvalue weighted by atomic mass is 9.92. The fourth-order valence-electron chi connectivity index (χ4n) is 0.510. The first kappa shape index (κ1) is 10.3. The number of carboxylic acid groups (broad SMARTS) is 1. The molecule has 3 unspecified atom stereocenters. The van der Waals surface area contributed by atoms with Gasteiger partial charge >= 0.3 is 5.97 Å². The molecule has 0 aromatic carbocycles. The molecular formula is C6H13NO4. The second-order valence-corrected chi connectivity index (χ2v) is 2.72. The fraction of sp³-hybridized carbons (Fsp3) is 0.833. The van der Waals surface area contributed by atoms with Gasteiger partial charge in [-0.05, 0) is 13.8 Å². The van der Waals surface area contributed by atoms with Crippen molar-refractivity contribution in [2.75, 3.05) is 0 Å². The van der Waals surface area contributed by atoms with Crippen molar-refractivity contribution in [3.05, 3.63) is 0 Å². The molecule has 0 spiro atoms. The number of hydrogen-bond donors (Lipinski definition) is 4. The zero-order chi connectivity index (χ0) is 9.23. The average Bonchev–Trinajstić information content (AvgIpc) is 1.85. The van der Waals surface area contributed by atoms with Crippen LogP contribution in [0.3, 0.4) is 0 Å². The zero-order valence-electron chi connectivity index (χ0n) is 6.48. The highest BCUT2D eigenvalue weighted by Gasteiger charge is 2.38. The molecule has 0 aromatic rings. The smallest absolute Gasteiger partial charge is 0.323 e. The molecule has 0 bridgehead atoms. The molecule has 0 saturated heterocycles. The molecule has 5 heteroatoms. The number of aliphatic carboxylic acids is 1. The van der Waals surface area contributed by atoms with E-state index in [4.69, 9.17) is 15.9 Å². The van der Waals surface area contributed by atoms with Gasteiger partial charge in [0, 0.05) is 0 Å². The molecule has 0 aliphatic carbocycles. The van der Waals surface area contributed by atoms with Gasteiger partial charge in [0.05, 0.1) is 6.10 Å². The van der Waals surface area contributed by atoms with Crippen molar-refractivity contribution in [1.82, 2.24) is 0 Å². The summed E-state index contributed by atoms with van der Waals surface area (Å²) in [5.41, 5.74) is 3.30. The van der Waals surface area contributed by atoms with Crippen LogP contribution in [0.5, 0.6) is 0 Å². The maximum absolute atomic E-state index is 10.3. The Bertz CT molecular complexity index is 155. The molecule has 5 nitrogen and oxygen atoms in total. The van der Waals surface area contributed by atoms with Gasteiger partial charge in [-0.1, -0.05) is 0 Å². The molecule has 0 saturated carbocycles. The van der Waals surface area contributed by atoms with E-state index in [1.165, 1.54) is 13.8 Å². The highest BCUT2D eigenvalue weighted by Crippen LogP contribution is 2.13. The summed E-state index contributed by atoms with van der Waals surface area (Å²) in [5, 5.41) is 26.6. The molecule has 0 heterocycles. The van der Waals surface area contributed by atoms with E-state index in [1.807, 2.05) is 0 Å². The normalized spacial score (nSPS) is 21.9. The van der Waals surface area contributed by atoms with E-state index in [0.29, 0.717) is 0 Å². The van der Waals surface area contributed by atoms with Gasteiger partial charge in [-0.15, -0.1) is 0 Å². The number of carboxylic acids is 1. The third kappa shape index (κ3) is 2.14. The van der Waals surface area contributed by atoms with E-state index < -0.39 is 23.7 Å². The second kappa shape index (κ2) is 3.17. The predicted octanol–water partition coefficient (Wildman–Crippen LogP) is -1.47. The van der Waals surface area contributed by atoms with Crippen LogP contribution in [-0.2, 0) is 4.79 Å². The van der Waals surface area contributed by atoms with Crippen molar-refractivity contribution in [3.8, 4) is 0 Å². The monoisotopic (exact) mass is 163 g/mol. The van der Waals surface area contributed by atoms with E-state index in [-0.39, 0.29) is 0 Å². The van der Waals surface area contributed by atoms with E-state index >= 15 is 0 Å². The molecule has 0 amide bonds. The van der Waals surface area contributed by atoms with Crippen LogP contribution in [0, 0.1) is 0 Å². The largest absolute Gasteiger partial charge is 0.480 e. The lowest BCUT2D eigenvalue weighted by Crippen LogP contribution is -2.56. The molecule has 5 N–H and O–H groups in total. The number of aliphatic hydroxyl groups is 2. The zero-order valence-corrected chi connectivity index (χ0v) is 6.48.